The van der Waals surface area contributed by atoms with E-state index in [9.17, 15) is 21.6 Å². The minimum atomic E-state index is -4.08. The molecule has 3 aromatic carbocycles. The Morgan fingerprint density at radius 2 is 1.55 bits per heavy atom. The van der Waals surface area contributed by atoms with Crippen LogP contribution >= 0.6 is 11.6 Å². The van der Waals surface area contributed by atoms with E-state index < -0.39 is 32.1 Å². The topological polar surface area (TPSA) is 132 Å². The molecule has 14 heteroatoms. The van der Waals surface area contributed by atoms with Crippen molar-refractivity contribution in [1.29, 1.82) is 0 Å². The Hall–Kier alpha value is -3.52. The number of fused-ring (bicyclic) bond motifs is 1. The Morgan fingerprint density at radius 1 is 0.929 bits per heavy atom. The van der Waals surface area contributed by atoms with E-state index in [1.165, 1.54) is 59.9 Å². The Kier molecular flexibility index (Phi) is 8.83. The van der Waals surface area contributed by atoms with Crippen molar-refractivity contribution in [3.63, 3.8) is 0 Å². The summed E-state index contributed by atoms with van der Waals surface area (Å²) in [4.78, 5) is 13.3. The van der Waals surface area contributed by atoms with Crippen molar-refractivity contribution in [1.82, 2.24) is 9.62 Å². The number of methoxy groups -OCH3 is 1. The quantitative estimate of drug-likeness (QED) is 0.336. The standard InChI is InChI=1S/C28H30ClN3O8S2/c1-38-21-5-9-24(10-6-21)42(36,37)32-19-27(40-26-13-4-20(29)18-25(26)32)28(33)30-14-17-39-22-7-11-23(12-8-22)41(34,35)31-15-2-3-16-31/h4-13,18,27H,2-3,14-17,19H2,1H3,(H,30,33)/t27-/m0/s1. The number of anilines is 1. The lowest BCUT2D eigenvalue weighted by Gasteiger charge is -2.34. The lowest BCUT2D eigenvalue weighted by Crippen LogP contribution is -2.51. The molecule has 0 aliphatic carbocycles. The number of sulfonamides is 2. The van der Waals surface area contributed by atoms with Crippen LogP contribution < -0.4 is 23.8 Å². The number of nitrogens with zero attached hydrogens (tertiary/aromatic N) is 2. The van der Waals surface area contributed by atoms with E-state index in [0.717, 1.165) is 17.1 Å². The van der Waals surface area contributed by atoms with Crippen molar-refractivity contribution in [3.8, 4) is 17.2 Å². The molecule has 0 bridgehead atoms. The predicted octanol–water partition coefficient (Wildman–Crippen LogP) is 3.28. The van der Waals surface area contributed by atoms with Crippen molar-refractivity contribution in [2.45, 2.75) is 28.7 Å². The van der Waals surface area contributed by atoms with Crippen LogP contribution in [0.15, 0.2) is 76.5 Å². The van der Waals surface area contributed by atoms with Gasteiger partial charge in [-0.1, -0.05) is 11.6 Å². The molecule has 0 radical (unpaired) electrons. The number of amides is 1. The summed E-state index contributed by atoms with van der Waals surface area (Å²) in [6, 6.07) is 16.6. The van der Waals surface area contributed by atoms with Crippen molar-refractivity contribution >= 4 is 43.2 Å². The summed E-state index contributed by atoms with van der Waals surface area (Å²) in [5.74, 6) is 0.618. The van der Waals surface area contributed by atoms with E-state index in [1.54, 1.807) is 18.2 Å². The number of rotatable bonds is 10. The van der Waals surface area contributed by atoms with E-state index >= 15 is 0 Å². The first-order valence-electron chi connectivity index (χ1n) is 13.2. The highest BCUT2D eigenvalue weighted by molar-refractivity contribution is 7.92. The largest absolute Gasteiger partial charge is 0.497 e. The number of carbonyl (C=O) groups is 1. The summed E-state index contributed by atoms with van der Waals surface area (Å²) in [5.41, 5.74) is 0.223. The molecule has 2 heterocycles. The number of benzene rings is 3. The van der Waals surface area contributed by atoms with Crippen molar-refractivity contribution in [2.24, 2.45) is 0 Å². The van der Waals surface area contributed by atoms with Crippen LogP contribution in [0.5, 0.6) is 17.2 Å². The molecule has 0 spiro atoms. The first-order valence-corrected chi connectivity index (χ1v) is 16.5. The van der Waals surface area contributed by atoms with Gasteiger partial charge in [-0.15, -0.1) is 0 Å². The Balaban J connectivity index is 1.21. The van der Waals surface area contributed by atoms with E-state index in [2.05, 4.69) is 5.32 Å². The van der Waals surface area contributed by atoms with Crippen molar-refractivity contribution in [3.05, 3.63) is 71.8 Å². The molecule has 2 aliphatic rings. The van der Waals surface area contributed by atoms with Gasteiger partial charge in [-0.2, -0.15) is 4.31 Å². The zero-order valence-electron chi connectivity index (χ0n) is 22.7. The van der Waals surface area contributed by atoms with Crippen LogP contribution in [0, 0.1) is 0 Å². The fourth-order valence-electron chi connectivity index (χ4n) is 4.71. The summed E-state index contributed by atoms with van der Waals surface area (Å²) in [5, 5.41) is 3.02. The second-order valence-corrected chi connectivity index (χ2v) is 13.9. The highest BCUT2D eigenvalue weighted by Gasteiger charge is 2.37. The van der Waals surface area contributed by atoms with Gasteiger partial charge >= 0.3 is 0 Å². The molecule has 1 atom stereocenters. The third-order valence-corrected chi connectivity index (χ3v) is 10.9. The van der Waals surface area contributed by atoms with Crippen LogP contribution in [0.2, 0.25) is 5.02 Å². The molecule has 1 fully saturated rings. The number of carbonyl (C=O) groups excluding carboxylic acids is 1. The number of halogens is 1. The Morgan fingerprint density at radius 3 is 2.19 bits per heavy atom. The molecule has 224 valence electrons. The number of ether oxygens (including phenoxy) is 3. The molecule has 1 amide bonds. The Labute approximate surface area is 250 Å². The first kappa shape index (κ1) is 30.0. The average Bonchev–Trinajstić information content (AvgIpc) is 3.55. The summed E-state index contributed by atoms with van der Waals surface area (Å²) in [7, 11) is -6.11. The molecule has 3 aromatic rings. The van der Waals surface area contributed by atoms with Crippen LogP contribution in [0.1, 0.15) is 12.8 Å². The normalized spacial score (nSPS) is 17.3. The van der Waals surface area contributed by atoms with E-state index in [-0.39, 0.29) is 40.9 Å². The Bertz CT molecular complexity index is 1640. The van der Waals surface area contributed by atoms with Gasteiger partial charge in [0.05, 0.1) is 35.7 Å². The monoisotopic (exact) mass is 635 g/mol. The molecule has 0 aromatic heterocycles. The van der Waals surface area contributed by atoms with Crippen LogP contribution in [-0.2, 0) is 24.8 Å². The number of hydrogen-bond acceptors (Lipinski definition) is 8. The SMILES string of the molecule is COc1ccc(S(=O)(=O)N2C[C@@H](C(=O)NCCOc3ccc(S(=O)(=O)N4CCCC4)cc3)Oc3ccc(Cl)cc32)cc1. The molecular formula is C28H30ClN3O8S2. The van der Waals surface area contributed by atoms with Gasteiger partial charge in [0.25, 0.3) is 15.9 Å². The summed E-state index contributed by atoms with van der Waals surface area (Å²) in [6.45, 7) is 0.967. The van der Waals surface area contributed by atoms with Crippen molar-refractivity contribution < 1.29 is 35.8 Å². The average molecular weight is 636 g/mol. The fraction of sp³-hybridized carbons (Fsp3) is 0.321. The van der Waals surface area contributed by atoms with Gasteiger partial charge < -0.3 is 19.5 Å². The zero-order chi connectivity index (χ0) is 29.9. The van der Waals surface area contributed by atoms with Gasteiger partial charge in [0, 0.05) is 18.1 Å². The van der Waals surface area contributed by atoms with E-state index in [1.807, 2.05) is 0 Å². The van der Waals surface area contributed by atoms with Crippen LogP contribution in [-0.4, -0.2) is 73.0 Å². The second kappa shape index (κ2) is 12.4. The van der Waals surface area contributed by atoms with Crippen LogP contribution in [0.4, 0.5) is 5.69 Å². The van der Waals surface area contributed by atoms with Gasteiger partial charge in [0.15, 0.2) is 6.10 Å². The molecule has 5 rings (SSSR count). The van der Waals surface area contributed by atoms with Crippen LogP contribution in [0.25, 0.3) is 0 Å². The highest BCUT2D eigenvalue weighted by Crippen LogP contribution is 2.39. The maximum Gasteiger partial charge on any atom is 0.264 e. The van der Waals surface area contributed by atoms with Gasteiger partial charge in [0.1, 0.15) is 23.9 Å². The third kappa shape index (κ3) is 6.28. The molecule has 42 heavy (non-hydrogen) atoms. The maximum absolute atomic E-state index is 13.6. The number of hydrogen-bond donors (Lipinski definition) is 1. The zero-order valence-corrected chi connectivity index (χ0v) is 25.1. The van der Waals surface area contributed by atoms with Gasteiger partial charge in [0.2, 0.25) is 10.0 Å². The smallest absolute Gasteiger partial charge is 0.264 e. The van der Waals surface area contributed by atoms with Gasteiger partial charge in [-0.05, 0) is 79.6 Å². The minimum Gasteiger partial charge on any atom is -0.497 e. The van der Waals surface area contributed by atoms with E-state index in [0.29, 0.717) is 29.6 Å². The maximum atomic E-state index is 13.6. The molecule has 11 nitrogen and oxygen atoms in total. The first-order chi connectivity index (χ1) is 20.1. The molecule has 2 aliphatic heterocycles. The molecule has 0 saturated carbocycles. The molecule has 1 N–H and O–H groups in total. The van der Waals surface area contributed by atoms with Gasteiger partial charge in [-0.25, -0.2) is 16.8 Å². The van der Waals surface area contributed by atoms with Crippen LogP contribution in [0.3, 0.4) is 0 Å². The lowest BCUT2D eigenvalue weighted by atomic mass is 10.2. The highest BCUT2D eigenvalue weighted by atomic mass is 35.5. The van der Waals surface area contributed by atoms with Gasteiger partial charge in [-0.3, -0.25) is 9.10 Å². The summed E-state index contributed by atoms with van der Waals surface area (Å²) in [6.07, 6.45) is 0.576. The van der Waals surface area contributed by atoms with Crippen molar-refractivity contribution in [2.75, 3.05) is 44.2 Å². The third-order valence-electron chi connectivity index (χ3n) is 6.93. The fourth-order valence-corrected chi connectivity index (χ4v) is 7.86. The molecule has 0 unspecified atom stereocenters. The lowest BCUT2D eigenvalue weighted by molar-refractivity contribution is -0.127. The number of nitrogens with one attached hydrogen (secondary N) is 1. The minimum absolute atomic E-state index is 0.0166. The summed E-state index contributed by atoms with van der Waals surface area (Å²) >= 11 is 6.15. The second-order valence-electron chi connectivity index (χ2n) is 9.65. The molecular weight excluding hydrogens is 606 g/mol. The summed E-state index contributed by atoms with van der Waals surface area (Å²) < 4.78 is 71.8. The predicted molar refractivity (Wildman–Crippen MR) is 156 cm³/mol. The van der Waals surface area contributed by atoms with E-state index in [4.69, 9.17) is 25.8 Å². The molecule has 1 saturated heterocycles.